The molecule has 1 aliphatic rings. The van der Waals surface area contributed by atoms with Gasteiger partial charge in [-0.1, -0.05) is 214 Å². The van der Waals surface area contributed by atoms with Crippen LogP contribution in [-0.2, 0) is 5.41 Å². The molecule has 1 aliphatic carbocycles. The number of hydrogen-bond acceptors (Lipinski definition) is 6. The van der Waals surface area contributed by atoms with Crippen LogP contribution < -0.4 is 0 Å². The van der Waals surface area contributed by atoms with Crippen LogP contribution in [0.3, 0.4) is 0 Å². The Morgan fingerprint density at radius 1 is 0.246 bits per heavy atom. The molecule has 2 heterocycles. The normalized spacial score (nSPS) is 12.6. The highest BCUT2D eigenvalue weighted by Gasteiger charge is 2.37. The molecular weight excluding hydrogens is 841 g/mol. The van der Waals surface area contributed by atoms with Crippen LogP contribution in [0.5, 0.6) is 0 Å². The molecule has 324 valence electrons. The van der Waals surface area contributed by atoms with Gasteiger partial charge in [-0.2, -0.15) is 0 Å². The predicted molar refractivity (Wildman–Crippen MR) is 281 cm³/mol. The minimum absolute atomic E-state index is 0.254. The molecular formula is C63H42N6. The molecule has 6 nitrogen and oxygen atoms in total. The van der Waals surface area contributed by atoms with Crippen LogP contribution in [-0.4, -0.2) is 29.9 Å². The van der Waals surface area contributed by atoms with Crippen LogP contribution in [0.4, 0.5) is 0 Å². The van der Waals surface area contributed by atoms with E-state index in [9.17, 15) is 0 Å². The third kappa shape index (κ3) is 6.87. The lowest BCUT2D eigenvalue weighted by Crippen LogP contribution is -2.14. The molecule has 0 atom stereocenters. The van der Waals surface area contributed by atoms with E-state index in [0.717, 1.165) is 50.1 Å². The lowest BCUT2D eigenvalue weighted by atomic mass is 9.82. The number of aromatic nitrogens is 6. The number of benzene rings is 10. The van der Waals surface area contributed by atoms with Crippen molar-refractivity contribution in [3.63, 3.8) is 0 Å². The van der Waals surface area contributed by atoms with Crippen LogP contribution in [0.1, 0.15) is 25.0 Å². The molecule has 0 amide bonds. The Morgan fingerprint density at radius 3 is 1.19 bits per heavy atom. The summed E-state index contributed by atoms with van der Waals surface area (Å²) in [5.41, 5.74) is 12.3. The maximum Gasteiger partial charge on any atom is 0.164 e. The zero-order valence-corrected chi connectivity index (χ0v) is 38.0. The van der Waals surface area contributed by atoms with Gasteiger partial charge in [0, 0.05) is 38.8 Å². The molecule has 69 heavy (non-hydrogen) atoms. The molecule has 0 spiro atoms. The van der Waals surface area contributed by atoms with Gasteiger partial charge in [-0.3, -0.25) is 0 Å². The third-order valence-corrected chi connectivity index (χ3v) is 13.8. The number of fused-ring (bicyclic) bond motifs is 9. The van der Waals surface area contributed by atoms with Crippen molar-refractivity contribution in [1.29, 1.82) is 0 Å². The van der Waals surface area contributed by atoms with Crippen molar-refractivity contribution in [2.45, 2.75) is 19.3 Å². The average Bonchev–Trinajstić information content (AvgIpc) is 3.66. The first-order valence-electron chi connectivity index (χ1n) is 23.4. The van der Waals surface area contributed by atoms with Gasteiger partial charge in [0.05, 0.1) is 0 Å². The molecule has 0 radical (unpaired) electrons. The van der Waals surface area contributed by atoms with Gasteiger partial charge in [0.25, 0.3) is 0 Å². The van der Waals surface area contributed by atoms with Crippen LogP contribution >= 0.6 is 0 Å². The monoisotopic (exact) mass is 882 g/mol. The van der Waals surface area contributed by atoms with Gasteiger partial charge >= 0.3 is 0 Å². The van der Waals surface area contributed by atoms with Gasteiger partial charge in [-0.25, -0.2) is 29.9 Å². The molecule has 2 aromatic heterocycles. The fourth-order valence-electron chi connectivity index (χ4n) is 10.3. The highest BCUT2D eigenvalue weighted by atomic mass is 15.0. The Hall–Kier alpha value is -9.00. The predicted octanol–water partition coefficient (Wildman–Crippen LogP) is 15.5. The molecule has 10 aromatic carbocycles. The molecule has 0 aliphatic heterocycles. The van der Waals surface area contributed by atoms with Gasteiger partial charge in [0.2, 0.25) is 0 Å². The Balaban J connectivity index is 0.939. The minimum Gasteiger partial charge on any atom is -0.208 e. The smallest absolute Gasteiger partial charge is 0.164 e. The number of hydrogen-bond donors (Lipinski definition) is 0. The largest absolute Gasteiger partial charge is 0.208 e. The highest BCUT2D eigenvalue weighted by Crippen LogP contribution is 2.53. The Morgan fingerprint density at radius 2 is 0.638 bits per heavy atom. The molecule has 0 fully saturated rings. The molecule has 0 bridgehead atoms. The third-order valence-electron chi connectivity index (χ3n) is 13.8. The summed E-state index contributed by atoms with van der Waals surface area (Å²) in [6.45, 7) is 4.62. The summed E-state index contributed by atoms with van der Waals surface area (Å²) in [6, 6.07) is 76.4. The van der Waals surface area contributed by atoms with E-state index >= 15 is 0 Å². The summed E-state index contributed by atoms with van der Waals surface area (Å²) >= 11 is 0. The van der Waals surface area contributed by atoms with E-state index in [4.69, 9.17) is 29.9 Å². The standard InChI is InChI=1S/C63H42N6/c1-63(2)54-35-33-43(37-53(54)56-51(30-17-31-55(56)63)62-68-58(40-20-8-4-9-21-40)64-59(69-62)41-22-10-5-11-23-41)42-24-16-25-44(36-42)60-65-57(39-18-6-3-7-19-39)66-61(67-60)45-32-34-50-48-28-13-12-26-46(48)47-27-14-15-29-49(47)52(50)38-45/h3-38H,1-2H3. The Labute approximate surface area is 399 Å². The molecule has 0 saturated carbocycles. The summed E-state index contributed by atoms with van der Waals surface area (Å²) in [4.78, 5) is 30.9. The van der Waals surface area contributed by atoms with Crippen molar-refractivity contribution in [1.82, 2.24) is 29.9 Å². The van der Waals surface area contributed by atoms with E-state index in [0.29, 0.717) is 34.9 Å². The minimum atomic E-state index is -0.254. The van der Waals surface area contributed by atoms with Crippen LogP contribution in [0.25, 0.3) is 123 Å². The summed E-state index contributed by atoms with van der Waals surface area (Å²) in [5.74, 6) is 3.77. The lowest BCUT2D eigenvalue weighted by molar-refractivity contribution is 0.660. The van der Waals surface area contributed by atoms with E-state index < -0.39 is 0 Å². The maximum atomic E-state index is 5.25. The van der Waals surface area contributed by atoms with Crippen LogP contribution in [0.15, 0.2) is 218 Å². The SMILES string of the molecule is CC1(C)c2ccc(-c3cccc(-c4nc(-c5ccccc5)nc(-c5ccc6c7ccccc7c7ccccc7c6c5)n4)c3)cc2-c2c(-c3nc(-c4ccccc4)nc(-c4ccccc4)n3)cccc21. The Kier molecular flexibility index (Phi) is 9.41. The van der Waals surface area contributed by atoms with Gasteiger partial charge in [0.1, 0.15) is 0 Å². The first kappa shape index (κ1) is 40.3. The van der Waals surface area contributed by atoms with Crippen LogP contribution in [0, 0.1) is 0 Å². The molecule has 0 unspecified atom stereocenters. The van der Waals surface area contributed by atoms with Gasteiger partial charge in [-0.05, 0) is 83.9 Å². The lowest BCUT2D eigenvalue weighted by Gasteiger charge is -2.21. The van der Waals surface area contributed by atoms with E-state index in [1.807, 2.05) is 54.6 Å². The number of rotatable bonds is 7. The average molecular weight is 883 g/mol. The van der Waals surface area contributed by atoms with E-state index in [2.05, 4.69) is 178 Å². The second-order valence-electron chi connectivity index (χ2n) is 18.3. The van der Waals surface area contributed by atoms with E-state index in [1.165, 1.54) is 49.0 Å². The van der Waals surface area contributed by atoms with Gasteiger partial charge in [-0.15, -0.1) is 0 Å². The summed E-state index contributed by atoms with van der Waals surface area (Å²) in [6.07, 6.45) is 0. The maximum absolute atomic E-state index is 5.25. The van der Waals surface area contributed by atoms with Crippen molar-refractivity contribution in [3.8, 4) is 90.6 Å². The zero-order chi connectivity index (χ0) is 46.1. The second kappa shape index (κ2) is 16.1. The Bertz CT molecular complexity index is 3890. The summed E-state index contributed by atoms with van der Waals surface area (Å²) < 4.78 is 0. The van der Waals surface area contributed by atoms with Crippen molar-refractivity contribution in [2.24, 2.45) is 0 Å². The second-order valence-corrected chi connectivity index (χ2v) is 18.3. The van der Waals surface area contributed by atoms with Crippen molar-refractivity contribution in [2.75, 3.05) is 0 Å². The van der Waals surface area contributed by atoms with Crippen molar-refractivity contribution in [3.05, 3.63) is 230 Å². The van der Waals surface area contributed by atoms with E-state index in [-0.39, 0.29) is 5.41 Å². The highest BCUT2D eigenvalue weighted by molar-refractivity contribution is 6.25. The molecule has 6 heteroatoms. The first-order chi connectivity index (χ1) is 33.9. The summed E-state index contributed by atoms with van der Waals surface area (Å²) in [7, 11) is 0. The fraction of sp³-hybridized carbons (Fsp3) is 0.0476. The quantitative estimate of drug-likeness (QED) is 0.148. The number of nitrogens with zero attached hydrogens (tertiary/aromatic N) is 6. The topological polar surface area (TPSA) is 77.3 Å². The molecule has 0 N–H and O–H groups in total. The first-order valence-corrected chi connectivity index (χ1v) is 23.4. The summed E-state index contributed by atoms with van der Waals surface area (Å²) in [5, 5.41) is 7.27. The molecule has 13 rings (SSSR count). The van der Waals surface area contributed by atoms with Gasteiger partial charge in [0.15, 0.2) is 34.9 Å². The van der Waals surface area contributed by atoms with Crippen molar-refractivity contribution >= 4 is 32.3 Å². The van der Waals surface area contributed by atoms with Crippen LogP contribution in [0.2, 0.25) is 0 Å². The molecule has 0 saturated heterocycles. The fourth-order valence-corrected chi connectivity index (χ4v) is 10.3. The van der Waals surface area contributed by atoms with Crippen molar-refractivity contribution < 1.29 is 0 Å². The van der Waals surface area contributed by atoms with E-state index in [1.54, 1.807) is 0 Å². The zero-order valence-electron chi connectivity index (χ0n) is 38.0. The van der Waals surface area contributed by atoms with Gasteiger partial charge < -0.3 is 0 Å². The molecule has 12 aromatic rings.